The smallest absolute Gasteiger partial charge is 0.198 e. The van der Waals surface area contributed by atoms with Gasteiger partial charge >= 0.3 is 0 Å². The van der Waals surface area contributed by atoms with Crippen molar-refractivity contribution in [2.45, 2.75) is 71.6 Å². The summed E-state index contributed by atoms with van der Waals surface area (Å²) in [4.78, 5) is 0. The number of hydrogen-bond acceptors (Lipinski definition) is 3. The van der Waals surface area contributed by atoms with E-state index in [0.717, 1.165) is 77.9 Å². The van der Waals surface area contributed by atoms with Crippen molar-refractivity contribution < 1.29 is 8.83 Å². The van der Waals surface area contributed by atoms with Gasteiger partial charge in [-0.15, -0.1) is 0 Å². The summed E-state index contributed by atoms with van der Waals surface area (Å²) in [5.74, 6) is 0.868. The number of furan rings is 2. The molecule has 319 valence electrons. The second-order valence-electron chi connectivity index (χ2n) is 21.3. The summed E-state index contributed by atoms with van der Waals surface area (Å²) in [6.07, 6.45) is 0. The van der Waals surface area contributed by atoms with E-state index in [4.69, 9.17) is 8.83 Å². The maximum Gasteiger partial charge on any atom is 0.198 e. The van der Waals surface area contributed by atoms with Gasteiger partial charge in [0.1, 0.15) is 22.5 Å². The summed E-state index contributed by atoms with van der Waals surface area (Å²) >= 11 is 0. The Hall–Kier alpha value is -7.24. The molecule has 0 saturated carbocycles. The Morgan fingerprint density at radius 3 is 2.03 bits per heavy atom. The lowest BCUT2D eigenvalue weighted by Gasteiger charge is -2.25. The topological polar surface area (TPSA) is 43.2 Å². The third-order valence-electron chi connectivity index (χ3n) is 14.7. The van der Waals surface area contributed by atoms with Crippen molar-refractivity contribution in [2.75, 3.05) is 5.32 Å². The summed E-state index contributed by atoms with van der Waals surface area (Å²) in [7, 11) is 2.40. The van der Waals surface area contributed by atoms with E-state index < -0.39 is 0 Å². The van der Waals surface area contributed by atoms with E-state index in [-0.39, 0.29) is 16.2 Å². The molecule has 5 heteroatoms. The quantitative estimate of drug-likeness (QED) is 0.179. The van der Waals surface area contributed by atoms with Crippen LogP contribution in [-0.4, -0.2) is 11.8 Å². The van der Waals surface area contributed by atoms with E-state index in [2.05, 4.69) is 218 Å². The van der Waals surface area contributed by atoms with Gasteiger partial charge in [-0.05, 0) is 110 Å². The molecule has 66 heavy (non-hydrogen) atoms. The maximum absolute atomic E-state index is 6.76. The van der Waals surface area contributed by atoms with Gasteiger partial charge in [0.05, 0.1) is 11.2 Å². The highest BCUT2D eigenvalue weighted by Gasteiger charge is 2.37. The molecule has 0 atom stereocenters. The minimum Gasteiger partial charge on any atom is -0.456 e. The predicted octanol–water partition coefficient (Wildman–Crippen LogP) is 15.4. The lowest BCUT2D eigenvalue weighted by Crippen LogP contribution is -2.37. The fraction of sp³-hybridized carbons (Fsp3) is 0.180. The first kappa shape index (κ1) is 39.2. The third-order valence-corrected chi connectivity index (χ3v) is 14.7. The standard InChI is InChI=1S/C61H50BN2O2/c1-59(2,3)36-18-21-38(22-19-36)63-50-33-56-46(40-23-20-37(60(4,5)6)28-55(40)66-56)30-44(50)41-24-25-42-45-29-43-39-16-12-13-17-47(39)61(7,8)48(43)31-51(45)64-52-26-35-27-53(34-14-10-9-11-15-34)65-54(35)32-49(52)62-57(41)58(42)64/h9-33,63H,1-8H3. The summed E-state index contributed by atoms with van der Waals surface area (Å²) in [6.45, 7) is 18.3. The van der Waals surface area contributed by atoms with E-state index >= 15 is 0 Å². The van der Waals surface area contributed by atoms with Gasteiger partial charge in [-0.3, -0.25) is 0 Å². The van der Waals surface area contributed by atoms with Gasteiger partial charge in [0, 0.05) is 66.4 Å². The van der Waals surface area contributed by atoms with Crippen LogP contribution in [0, 0.1) is 0 Å². The van der Waals surface area contributed by atoms with Crippen LogP contribution in [0.1, 0.15) is 77.6 Å². The Balaban J connectivity index is 1.09. The van der Waals surface area contributed by atoms with Crippen LogP contribution < -0.4 is 16.2 Å². The number of nitrogens with one attached hydrogen (secondary N) is 1. The first-order chi connectivity index (χ1) is 31.7. The van der Waals surface area contributed by atoms with Crippen molar-refractivity contribution in [3.05, 3.63) is 174 Å². The molecule has 4 heterocycles. The Bertz CT molecular complexity index is 3850. The van der Waals surface area contributed by atoms with Crippen molar-refractivity contribution in [3.8, 4) is 39.3 Å². The number of hydrogen-bond donors (Lipinski definition) is 1. The molecule has 1 radical (unpaired) electrons. The van der Waals surface area contributed by atoms with Crippen LogP contribution in [0.4, 0.5) is 11.4 Å². The fourth-order valence-electron chi connectivity index (χ4n) is 11.1. The lowest BCUT2D eigenvalue weighted by atomic mass is 9.59. The van der Waals surface area contributed by atoms with Crippen molar-refractivity contribution in [1.82, 2.24) is 4.57 Å². The van der Waals surface area contributed by atoms with Gasteiger partial charge in [0.25, 0.3) is 0 Å². The molecule has 0 amide bonds. The van der Waals surface area contributed by atoms with Crippen LogP contribution in [0.2, 0.25) is 0 Å². The van der Waals surface area contributed by atoms with E-state index in [1.807, 2.05) is 6.07 Å². The molecule has 8 aromatic carbocycles. The van der Waals surface area contributed by atoms with Crippen LogP contribution in [0.3, 0.4) is 0 Å². The molecule has 3 aromatic heterocycles. The zero-order valence-electron chi connectivity index (χ0n) is 38.8. The molecule has 1 N–H and O–H groups in total. The van der Waals surface area contributed by atoms with E-state index in [0.29, 0.717) is 0 Å². The molecular formula is C61H50BN2O2. The largest absolute Gasteiger partial charge is 0.456 e. The zero-order valence-corrected chi connectivity index (χ0v) is 38.8. The Morgan fingerprint density at radius 1 is 0.530 bits per heavy atom. The second-order valence-corrected chi connectivity index (χ2v) is 21.3. The molecule has 0 bridgehead atoms. The van der Waals surface area contributed by atoms with Gasteiger partial charge in [0.2, 0.25) is 0 Å². The summed E-state index contributed by atoms with van der Waals surface area (Å²) in [5.41, 5.74) is 21.7. The third kappa shape index (κ3) is 5.71. The first-order valence-corrected chi connectivity index (χ1v) is 23.3. The highest BCUT2D eigenvalue weighted by molar-refractivity contribution is 6.73. The zero-order chi connectivity index (χ0) is 45.0. The summed E-state index contributed by atoms with van der Waals surface area (Å²) in [5, 5.41) is 9.69. The average molecular weight is 854 g/mol. The summed E-state index contributed by atoms with van der Waals surface area (Å²) in [6, 6.07) is 56.0. The van der Waals surface area contributed by atoms with Gasteiger partial charge in [-0.25, -0.2) is 0 Å². The van der Waals surface area contributed by atoms with Crippen molar-refractivity contribution in [1.29, 1.82) is 0 Å². The SMILES string of the molecule is CC(C)(C)c1ccc(Nc2cc3oc4cc(C(C)(C)C)ccc4c3cc2-c2ccc3c4cc5c(cc4n4c3c2[B]c2cc3oc(-c6ccccc6)cc3cc2-4)C(C)(C)c2ccccc2-5)cc1. The molecule has 0 spiro atoms. The molecule has 0 saturated heterocycles. The lowest BCUT2D eigenvalue weighted by molar-refractivity contribution is 0.587. The van der Waals surface area contributed by atoms with Crippen LogP contribution in [0.25, 0.3) is 94.0 Å². The van der Waals surface area contributed by atoms with E-state index in [9.17, 15) is 0 Å². The van der Waals surface area contributed by atoms with E-state index in [1.54, 1.807) is 0 Å². The molecular weight excluding hydrogens is 803 g/mol. The first-order valence-electron chi connectivity index (χ1n) is 23.3. The number of benzene rings is 8. The Morgan fingerprint density at radius 2 is 1.24 bits per heavy atom. The van der Waals surface area contributed by atoms with Crippen LogP contribution in [0.15, 0.2) is 160 Å². The predicted molar refractivity (Wildman–Crippen MR) is 278 cm³/mol. The Kier molecular flexibility index (Phi) is 7.96. The van der Waals surface area contributed by atoms with Crippen LogP contribution >= 0.6 is 0 Å². The molecule has 13 rings (SSSR count). The van der Waals surface area contributed by atoms with Crippen LogP contribution in [-0.2, 0) is 16.2 Å². The molecule has 1 aliphatic heterocycles. The number of rotatable bonds is 4. The molecule has 11 aromatic rings. The van der Waals surface area contributed by atoms with E-state index in [1.165, 1.54) is 60.6 Å². The maximum atomic E-state index is 6.76. The van der Waals surface area contributed by atoms with Crippen molar-refractivity contribution >= 4 is 84.3 Å². The number of aromatic nitrogens is 1. The van der Waals surface area contributed by atoms with Crippen molar-refractivity contribution in [3.63, 3.8) is 0 Å². The number of anilines is 2. The Labute approximate surface area is 386 Å². The number of fused-ring (bicyclic) bond motifs is 12. The van der Waals surface area contributed by atoms with Crippen LogP contribution in [0.5, 0.6) is 0 Å². The highest BCUT2D eigenvalue weighted by Crippen LogP contribution is 2.51. The monoisotopic (exact) mass is 853 g/mol. The van der Waals surface area contributed by atoms with Gasteiger partial charge in [-0.1, -0.05) is 152 Å². The second kappa shape index (κ2) is 13.4. The molecule has 1 aliphatic carbocycles. The van der Waals surface area contributed by atoms with Crippen molar-refractivity contribution in [2.24, 2.45) is 0 Å². The van der Waals surface area contributed by atoms with Gasteiger partial charge in [-0.2, -0.15) is 0 Å². The molecule has 2 aliphatic rings. The van der Waals surface area contributed by atoms with Gasteiger partial charge in [0.15, 0.2) is 7.28 Å². The fourth-order valence-corrected chi connectivity index (χ4v) is 11.1. The minimum atomic E-state index is -0.143. The number of nitrogens with zero attached hydrogens (tertiary/aromatic N) is 1. The average Bonchev–Trinajstić information content (AvgIpc) is 4.03. The minimum absolute atomic E-state index is 0.00344. The van der Waals surface area contributed by atoms with Gasteiger partial charge < -0.3 is 18.7 Å². The molecule has 0 unspecified atom stereocenters. The normalized spacial score (nSPS) is 14.0. The highest BCUT2D eigenvalue weighted by atomic mass is 16.3. The molecule has 4 nitrogen and oxygen atoms in total. The molecule has 0 fully saturated rings. The summed E-state index contributed by atoms with van der Waals surface area (Å²) < 4.78 is 16.0.